The highest BCUT2D eigenvalue weighted by Crippen LogP contribution is 2.33. The topological polar surface area (TPSA) is 109 Å². The van der Waals surface area contributed by atoms with Gasteiger partial charge in [0.05, 0.1) is 20.6 Å². The van der Waals surface area contributed by atoms with Crippen LogP contribution in [0.2, 0.25) is 0 Å². The highest BCUT2D eigenvalue weighted by atomic mass is 16.5. The zero-order valence-electron chi connectivity index (χ0n) is 23.5. The van der Waals surface area contributed by atoms with Gasteiger partial charge in [0.25, 0.3) is 0 Å². The van der Waals surface area contributed by atoms with Gasteiger partial charge in [-0.2, -0.15) is 0 Å². The van der Waals surface area contributed by atoms with Crippen LogP contribution in [0, 0.1) is 0 Å². The third kappa shape index (κ3) is 7.94. The fraction of sp³-hybridized carbons (Fsp3) is 0.400. The molecule has 0 heterocycles. The Balaban J connectivity index is 2.22. The molecule has 8 heteroatoms. The molecular formula is C30H40N2O6. The number of likely N-dealkylation sites (N-methyl/N-ethyl adjacent to an activating group) is 1. The van der Waals surface area contributed by atoms with E-state index >= 15 is 0 Å². The molecule has 2 rings (SSSR count). The van der Waals surface area contributed by atoms with Crippen molar-refractivity contribution in [1.29, 1.82) is 0 Å². The second-order valence-electron chi connectivity index (χ2n) is 8.84. The highest BCUT2D eigenvalue weighted by Gasteiger charge is 2.18. The van der Waals surface area contributed by atoms with Crippen molar-refractivity contribution in [2.75, 3.05) is 47.6 Å². The van der Waals surface area contributed by atoms with E-state index in [1.165, 1.54) is 0 Å². The van der Waals surface area contributed by atoms with E-state index in [0.29, 0.717) is 60.4 Å². The molecule has 8 nitrogen and oxygen atoms in total. The quantitative estimate of drug-likeness (QED) is 0.200. The molecule has 0 aliphatic rings. The van der Waals surface area contributed by atoms with Crippen LogP contribution in [0.25, 0.3) is 11.1 Å². The molecule has 2 aromatic carbocycles. The second kappa shape index (κ2) is 15.0. The number of hydrogen-bond acceptors (Lipinski definition) is 8. The summed E-state index contributed by atoms with van der Waals surface area (Å²) >= 11 is 0. The molecule has 0 atom stereocenters. The van der Waals surface area contributed by atoms with Gasteiger partial charge >= 0.3 is 0 Å². The van der Waals surface area contributed by atoms with Gasteiger partial charge in [-0.15, -0.1) is 0 Å². The average molecular weight is 525 g/mol. The number of nitrogens with two attached hydrogens (primary N) is 1. The summed E-state index contributed by atoms with van der Waals surface area (Å²) in [6.07, 6.45) is -0.219. The standard InChI is InChI=1S/C30H40N2O6/c1-19(23-8-10-27(37-14-12-31)29(16-23)35-6)21(3)25(33)18-26(34)22(4)20(2)24-9-11-28(30(17-24)36-7)38-15-13-32-5/h8-11,16-17,32H,12-15,18,31H2,1-7H3/b21-19+,22-20+. The van der Waals surface area contributed by atoms with Crippen LogP contribution in [0.3, 0.4) is 0 Å². The predicted molar refractivity (Wildman–Crippen MR) is 151 cm³/mol. The molecular weight excluding hydrogens is 484 g/mol. The molecule has 0 saturated heterocycles. The van der Waals surface area contributed by atoms with Crippen LogP contribution < -0.4 is 30.0 Å². The molecule has 206 valence electrons. The monoisotopic (exact) mass is 524 g/mol. The lowest BCUT2D eigenvalue weighted by Gasteiger charge is -2.14. The van der Waals surface area contributed by atoms with E-state index < -0.39 is 0 Å². The summed E-state index contributed by atoms with van der Waals surface area (Å²) in [7, 11) is 4.99. The number of rotatable bonds is 15. The molecule has 0 fully saturated rings. The number of Topliss-reactive ketones (excluding diaryl/α,β-unsaturated/α-hetero) is 2. The first-order valence-electron chi connectivity index (χ1n) is 12.6. The summed E-state index contributed by atoms with van der Waals surface area (Å²) in [6, 6.07) is 11.0. The molecule has 0 aliphatic heterocycles. The number of carbonyl (C=O) groups is 2. The second-order valence-corrected chi connectivity index (χ2v) is 8.84. The van der Waals surface area contributed by atoms with Crippen molar-refractivity contribution in [2.45, 2.75) is 34.1 Å². The van der Waals surface area contributed by atoms with E-state index in [2.05, 4.69) is 5.32 Å². The fourth-order valence-corrected chi connectivity index (χ4v) is 3.73. The molecule has 0 saturated carbocycles. The molecule has 0 unspecified atom stereocenters. The Hall–Kier alpha value is -3.62. The van der Waals surface area contributed by atoms with Gasteiger partial charge in [0, 0.05) is 13.1 Å². The van der Waals surface area contributed by atoms with Crippen LogP contribution >= 0.6 is 0 Å². The van der Waals surface area contributed by atoms with Crippen molar-refractivity contribution in [3.8, 4) is 23.0 Å². The van der Waals surface area contributed by atoms with Crippen LogP contribution in [0.4, 0.5) is 0 Å². The minimum Gasteiger partial charge on any atom is -0.493 e. The summed E-state index contributed by atoms with van der Waals surface area (Å²) in [5.41, 5.74) is 9.75. The number of allylic oxidation sites excluding steroid dienone is 4. The smallest absolute Gasteiger partial charge is 0.166 e. The van der Waals surface area contributed by atoms with Crippen LogP contribution in [0.5, 0.6) is 23.0 Å². The Morgan fingerprint density at radius 2 is 1.18 bits per heavy atom. The van der Waals surface area contributed by atoms with E-state index in [1.807, 2.05) is 51.2 Å². The fourth-order valence-electron chi connectivity index (χ4n) is 3.73. The average Bonchev–Trinajstić information content (AvgIpc) is 2.94. The number of carbonyl (C=O) groups excluding carboxylic acids is 2. The van der Waals surface area contributed by atoms with E-state index in [1.54, 1.807) is 34.1 Å². The van der Waals surface area contributed by atoms with Gasteiger partial charge in [-0.05, 0) is 92.4 Å². The summed E-state index contributed by atoms with van der Waals surface area (Å²) in [6.45, 7) is 9.18. The van der Waals surface area contributed by atoms with Crippen molar-refractivity contribution in [3.63, 3.8) is 0 Å². The largest absolute Gasteiger partial charge is 0.493 e. The van der Waals surface area contributed by atoms with Crippen LogP contribution in [0.15, 0.2) is 47.5 Å². The first-order chi connectivity index (χ1) is 18.2. The highest BCUT2D eigenvalue weighted by molar-refractivity contribution is 6.16. The van der Waals surface area contributed by atoms with Crippen molar-refractivity contribution in [2.24, 2.45) is 5.73 Å². The zero-order valence-corrected chi connectivity index (χ0v) is 23.5. The van der Waals surface area contributed by atoms with E-state index in [9.17, 15) is 9.59 Å². The minimum absolute atomic E-state index is 0.219. The predicted octanol–water partition coefficient (Wildman–Crippen LogP) is 4.45. The van der Waals surface area contributed by atoms with Gasteiger partial charge < -0.3 is 30.0 Å². The third-order valence-corrected chi connectivity index (χ3v) is 6.46. The summed E-state index contributed by atoms with van der Waals surface area (Å²) in [5, 5.41) is 3.03. The molecule has 0 aromatic heterocycles. The molecule has 0 bridgehead atoms. The first-order valence-corrected chi connectivity index (χ1v) is 12.6. The van der Waals surface area contributed by atoms with Gasteiger partial charge in [-0.1, -0.05) is 12.1 Å². The zero-order chi connectivity index (χ0) is 28.2. The lowest BCUT2D eigenvalue weighted by atomic mass is 9.93. The molecule has 0 radical (unpaired) electrons. The maximum absolute atomic E-state index is 13.1. The number of methoxy groups -OCH3 is 2. The molecule has 38 heavy (non-hydrogen) atoms. The first kappa shape index (κ1) is 30.6. The Kier molecular flexibility index (Phi) is 12.0. The number of ether oxygens (including phenoxy) is 4. The Labute approximate surface area is 225 Å². The Morgan fingerprint density at radius 3 is 1.58 bits per heavy atom. The van der Waals surface area contributed by atoms with Gasteiger partial charge in [0.1, 0.15) is 13.2 Å². The van der Waals surface area contributed by atoms with Gasteiger partial charge in [0.15, 0.2) is 34.6 Å². The number of ketones is 2. The third-order valence-electron chi connectivity index (χ3n) is 6.46. The lowest BCUT2D eigenvalue weighted by molar-refractivity contribution is -0.122. The van der Waals surface area contributed by atoms with E-state index in [-0.39, 0.29) is 18.0 Å². The Bertz CT molecular complexity index is 1200. The molecule has 0 spiro atoms. The van der Waals surface area contributed by atoms with Crippen LogP contribution in [-0.4, -0.2) is 59.1 Å². The van der Waals surface area contributed by atoms with Gasteiger partial charge in [-0.3, -0.25) is 9.59 Å². The lowest BCUT2D eigenvalue weighted by Crippen LogP contribution is -2.16. The van der Waals surface area contributed by atoms with Gasteiger partial charge in [-0.25, -0.2) is 0 Å². The molecule has 3 N–H and O–H groups in total. The van der Waals surface area contributed by atoms with Crippen molar-refractivity contribution in [3.05, 3.63) is 58.7 Å². The number of nitrogens with one attached hydrogen (secondary N) is 1. The normalized spacial score (nSPS) is 12.3. The molecule has 0 amide bonds. The van der Waals surface area contributed by atoms with Gasteiger partial charge in [0.2, 0.25) is 0 Å². The molecule has 0 aliphatic carbocycles. The number of hydrogen-bond donors (Lipinski definition) is 2. The maximum atomic E-state index is 13.1. The summed E-state index contributed by atoms with van der Waals surface area (Å²) in [5.74, 6) is 1.89. The van der Waals surface area contributed by atoms with Crippen molar-refractivity contribution in [1.82, 2.24) is 5.32 Å². The summed E-state index contributed by atoms with van der Waals surface area (Å²) in [4.78, 5) is 26.1. The number of benzene rings is 2. The van der Waals surface area contributed by atoms with Crippen molar-refractivity contribution >= 4 is 22.7 Å². The maximum Gasteiger partial charge on any atom is 0.166 e. The minimum atomic E-state index is -0.229. The SMILES string of the molecule is CNCCOc1ccc(/C(C)=C(\C)C(=O)CC(=O)/C(C)=C(\C)c2ccc(OCCN)c(OC)c2)cc1OC. The summed E-state index contributed by atoms with van der Waals surface area (Å²) < 4.78 is 22.3. The van der Waals surface area contributed by atoms with E-state index in [0.717, 1.165) is 22.3 Å². The Morgan fingerprint density at radius 1 is 0.737 bits per heavy atom. The van der Waals surface area contributed by atoms with Crippen LogP contribution in [-0.2, 0) is 9.59 Å². The van der Waals surface area contributed by atoms with E-state index in [4.69, 9.17) is 24.7 Å². The van der Waals surface area contributed by atoms with Crippen LogP contribution in [0.1, 0.15) is 45.2 Å². The molecule has 2 aromatic rings. The van der Waals surface area contributed by atoms with Crippen molar-refractivity contribution < 1.29 is 28.5 Å².